The van der Waals surface area contributed by atoms with Crippen LogP contribution < -0.4 is 4.74 Å². The molecular weight excluding hydrogens is 294 g/mol. The number of fused-ring (bicyclic) bond motifs is 1. The highest BCUT2D eigenvalue weighted by Crippen LogP contribution is 2.27. The Morgan fingerprint density at radius 1 is 1.12 bits per heavy atom. The van der Waals surface area contributed by atoms with Crippen molar-refractivity contribution in [1.29, 1.82) is 0 Å². The maximum atomic E-state index is 5.99. The Bertz CT molecular complexity index is 843. The van der Waals surface area contributed by atoms with E-state index in [-0.39, 0.29) is 0 Å². The van der Waals surface area contributed by atoms with Crippen LogP contribution >= 0.6 is 0 Å². The molecule has 0 saturated heterocycles. The topological polar surface area (TPSA) is 14.2 Å². The van der Waals surface area contributed by atoms with Crippen molar-refractivity contribution in [2.24, 2.45) is 7.05 Å². The lowest BCUT2D eigenvalue weighted by Gasteiger charge is -2.07. The number of nitrogens with zero attached hydrogens (tertiary/aromatic N) is 1. The lowest BCUT2D eigenvalue weighted by atomic mass is 10.0. The molecule has 2 heteroatoms. The summed E-state index contributed by atoms with van der Waals surface area (Å²) in [5, 5.41) is 1.30. The Morgan fingerprint density at radius 3 is 2.67 bits per heavy atom. The van der Waals surface area contributed by atoms with Crippen LogP contribution in [0.1, 0.15) is 31.4 Å². The maximum absolute atomic E-state index is 5.99. The Labute approximate surface area is 144 Å². The maximum Gasteiger partial charge on any atom is 0.120 e. The smallest absolute Gasteiger partial charge is 0.120 e. The zero-order chi connectivity index (χ0) is 16.9. The third-order valence-corrected chi connectivity index (χ3v) is 4.57. The van der Waals surface area contributed by atoms with E-state index in [0.29, 0.717) is 6.61 Å². The van der Waals surface area contributed by atoms with Gasteiger partial charge in [-0.25, -0.2) is 0 Å². The minimum absolute atomic E-state index is 0.603. The minimum atomic E-state index is 0.603. The first-order valence-corrected chi connectivity index (χ1v) is 8.54. The van der Waals surface area contributed by atoms with Gasteiger partial charge in [-0.15, -0.1) is 0 Å². The summed E-state index contributed by atoms with van der Waals surface area (Å²) in [4.78, 5) is 0. The van der Waals surface area contributed by atoms with E-state index in [9.17, 15) is 0 Å². The Hall–Kier alpha value is -2.48. The van der Waals surface area contributed by atoms with Crippen LogP contribution in [0.2, 0.25) is 0 Å². The number of hydrogen-bond acceptors (Lipinski definition) is 1. The van der Waals surface area contributed by atoms with Crippen molar-refractivity contribution >= 4 is 10.9 Å². The molecule has 0 saturated carbocycles. The van der Waals surface area contributed by atoms with Gasteiger partial charge in [0.15, 0.2) is 0 Å². The van der Waals surface area contributed by atoms with Gasteiger partial charge in [0.1, 0.15) is 12.4 Å². The molecule has 2 aromatic carbocycles. The van der Waals surface area contributed by atoms with Crippen LogP contribution in [-0.2, 0) is 20.1 Å². The van der Waals surface area contributed by atoms with Gasteiger partial charge in [0.25, 0.3) is 0 Å². The second-order valence-electron chi connectivity index (χ2n) is 6.35. The van der Waals surface area contributed by atoms with Crippen molar-refractivity contribution in [1.82, 2.24) is 4.57 Å². The molecule has 0 amide bonds. The first kappa shape index (κ1) is 16.4. The second kappa shape index (κ2) is 7.39. The fourth-order valence-corrected chi connectivity index (χ4v) is 2.96. The van der Waals surface area contributed by atoms with E-state index < -0.39 is 0 Å². The molecule has 1 aromatic heterocycles. The zero-order valence-corrected chi connectivity index (χ0v) is 14.8. The molecule has 0 fully saturated rings. The standard InChI is InChI=1S/C22H25NO/c1-4-17(2)10-11-19-15-23(3)22-13-12-20(14-21(19)22)24-16-18-8-6-5-7-9-18/h4-9,12-15H,10-11,16H2,1-3H3/b17-4+. The number of hydrogen-bond donors (Lipinski definition) is 0. The zero-order valence-electron chi connectivity index (χ0n) is 14.8. The van der Waals surface area contributed by atoms with Crippen LogP contribution in [0.15, 0.2) is 66.4 Å². The Balaban J connectivity index is 1.80. The number of aromatic nitrogens is 1. The summed E-state index contributed by atoms with van der Waals surface area (Å²) in [5.41, 5.74) is 5.27. The summed E-state index contributed by atoms with van der Waals surface area (Å²) in [6.07, 6.45) is 6.61. The number of aryl methyl sites for hydroxylation is 2. The van der Waals surface area contributed by atoms with Gasteiger partial charge in [0.05, 0.1) is 0 Å². The predicted octanol–water partition coefficient (Wildman–Crippen LogP) is 5.66. The first-order valence-electron chi connectivity index (χ1n) is 8.54. The third kappa shape index (κ3) is 3.70. The van der Waals surface area contributed by atoms with Crippen LogP contribution in [0.4, 0.5) is 0 Å². The molecule has 0 aliphatic rings. The van der Waals surface area contributed by atoms with Crippen molar-refractivity contribution < 1.29 is 4.74 Å². The summed E-state index contributed by atoms with van der Waals surface area (Å²) in [7, 11) is 2.11. The van der Waals surface area contributed by atoms with Gasteiger partial charge in [-0.1, -0.05) is 42.0 Å². The van der Waals surface area contributed by atoms with Crippen LogP contribution in [0.3, 0.4) is 0 Å². The van der Waals surface area contributed by atoms with E-state index >= 15 is 0 Å². The monoisotopic (exact) mass is 319 g/mol. The van der Waals surface area contributed by atoms with Crippen LogP contribution in [0, 0.1) is 0 Å². The quantitative estimate of drug-likeness (QED) is 0.535. The lowest BCUT2D eigenvalue weighted by molar-refractivity contribution is 0.306. The number of benzene rings is 2. The van der Waals surface area contributed by atoms with Crippen molar-refractivity contribution in [2.75, 3.05) is 0 Å². The van der Waals surface area contributed by atoms with E-state index in [0.717, 1.165) is 18.6 Å². The van der Waals surface area contributed by atoms with E-state index in [4.69, 9.17) is 4.74 Å². The summed E-state index contributed by atoms with van der Waals surface area (Å²) >= 11 is 0. The van der Waals surface area contributed by atoms with E-state index in [1.54, 1.807) is 0 Å². The molecule has 0 radical (unpaired) electrons. The molecule has 0 atom stereocenters. The number of rotatable bonds is 6. The summed E-state index contributed by atoms with van der Waals surface area (Å²) < 4.78 is 8.20. The van der Waals surface area contributed by atoms with Gasteiger partial charge in [0, 0.05) is 24.1 Å². The van der Waals surface area contributed by atoms with Gasteiger partial charge in [0.2, 0.25) is 0 Å². The summed E-state index contributed by atoms with van der Waals surface area (Å²) in [6, 6.07) is 16.7. The molecule has 3 aromatic rings. The van der Waals surface area contributed by atoms with Crippen molar-refractivity contribution in [3.8, 4) is 5.75 Å². The van der Waals surface area contributed by atoms with Gasteiger partial charge < -0.3 is 9.30 Å². The lowest BCUT2D eigenvalue weighted by Crippen LogP contribution is -1.95. The van der Waals surface area contributed by atoms with Crippen molar-refractivity contribution in [3.63, 3.8) is 0 Å². The third-order valence-electron chi connectivity index (χ3n) is 4.57. The molecule has 124 valence electrons. The van der Waals surface area contributed by atoms with Crippen LogP contribution in [0.25, 0.3) is 10.9 Å². The highest BCUT2D eigenvalue weighted by Gasteiger charge is 2.08. The molecule has 0 spiro atoms. The number of ether oxygens (including phenoxy) is 1. The summed E-state index contributed by atoms with van der Waals surface area (Å²) in [5.74, 6) is 0.932. The van der Waals surface area contributed by atoms with Gasteiger partial charge in [-0.05, 0) is 56.0 Å². The molecule has 0 aliphatic heterocycles. The highest BCUT2D eigenvalue weighted by molar-refractivity contribution is 5.85. The Morgan fingerprint density at radius 2 is 1.92 bits per heavy atom. The first-order chi connectivity index (χ1) is 11.7. The highest BCUT2D eigenvalue weighted by atomic mass is 16.5. The normalized spacial score (nSPS) is 11.9. The Kier molecular flexibility index (Phi) is 5.05. The van der Waals surface area contributed by atoms with E-state index in [1.165, 1.54) is 27.6 Å². The minimum Gasteiger partial charge on any atom is -0.489 e. The number of allylic oxidation sites excluding steroid dienone is 2. The molecule has 0 bridgehead atoms. The summed E-state index contributed by atoms with van der Waals surface area (Å²) in [6.45, 7) is 4.90. The van der Waals surface area contributed by atoms with Gasteiger partial charge >= 0.3 is 0 Å². The average Bonchev–Trinajstić information content (AvgIpc) is 2.94. The fourth-order valence-electron chi connectivity index (χ4n) is 2.96. The van der Waals surface area contributed by atoms with Crippen molar-refractivity contribution in [3.05, 3.63) is 77.5 Å². The molecule has 0 aliphatic carbocycles. The fraction of sp³-hybridized carbons (Fsp3) is 0.273. The largest absolute Gasteiger partial charge is 0.489 e. The van der Waals surface area contributed by atoms with Gasteiger partial charge in [-0.2, -0.15) is 0 Å². The van der Waals surface area contributed by atoms with Crippen LogP contribution in [0.5, 0.6) is 5.75 Å². The molecule has 2 nitrogen and oxygen atoms in total. The van der Waals surface area contributed by atoms with E-state index in [1.807, 2.05) is 18.2 Å². The molecule has 0 unspecified atom stereocenters. The molecule has 3 rings (SSSR count). The molecule has 24 heavy (non-hydrogen) atoms. The molecule has 1 heterocycles. The molecule has 0 N–H and O–H groups in total. The van der Waals surface area contributed by atoms with Crippen LogP contribution in [-0.4, -0.2) is 4.57 Å². The van der Waals surface area contributed by atoms with Crippen molar-refractivity contribution in [2.45, 2.75) is 33.3 Å². The second-order valence-corrected chi connectivity index (χ2v) is 6.35. The SMILES string of the molecule is C/C=C(\C)CCc1cn(C)c2ccc(OCc3ccccc3)cc12. The van der Waals surface area contributed by atoms with Gasteiger partial charge in [-0.3, -0.25) is 0 Å². The average molecular weight is 319 g/mol. The molecular formula is C22H25NO. The predicted molar refractivity (Wildman–Crippen MR) is 101 cm³/mol. The van der Waals surface area contributed by atoms with E-state index in [2.05, 4.69) is 68.1 Å².